The molecule has 0 aromatic carbocycles. The lowest BCUT2D eigenvalue weighted by atomic mass is 9.99. The zero-order chi connectivity index (χ0) is 24.1. The maximum absolute atomic E-state index is 14.4. The molecular formula is C22H17Cl2FN8O2. The summed E-state index contributed by atoms with van der Waals surface area (Å²) in [5.74, 6) is -0.789. The summed E-state index contributed by atoms with van der Waals surface area (Å²) in [6, 6.07) is 3.36. The number of fused-ring (bicyclic) bond motifs is 2. The van der Waals surface area contributed by atoms with Gasteiger partial charge in [0.15, 0.2) is 11.5 Å². The highest BCUT2D eigenvalue weighted by atomic mass is 35.5. The Kier molecular flexibility index (Phi) is 5.39. The van der Waals surface area contributed by atoms with Crippen molar-refractivity contribution in [1.29, 1.82) is 0 Å². The fraction of sp³-hybridized carbons (Fsp3) is 0.227. The second-order valence-corrected chi connectivity index (χ2v) is 9.06. The second kappa shape index (κ2) is 8.59. The van der Waals surface area contributed by atoms with Crippen molar-refractivity contribution in [2.75, 3.05) is 13.2 Å². The number of ether oxygens (including phenoxy) is 1. The smallest absolute Gasteiger partial charge is 0.273 e. The minimum absolute atomic E-state index is 0.000306. The minimum Gasteiger partial charge on any atom is -0.380 e. The van der Waals surface area contributed by atoms with Crippen LogP contribution in [0.1, 0.15) is 33.4 Å². The highest BCUT2D eigenvalue weighted by molar-refractivity contribution is 6.31. The molecule has 0 spiro atoms. The number of rotatable bonds is 6. The van der Waals surface area contributed by atoms with Crippen LogP contribution in [0.4, 0.5) is 4.39 Å². The zero-order valence-electron chi connectivity index (χ0n) is 18.0. The van der Waals surface area contributed by atoms with Gasteiger partial charge >= 0.3 is 0 Å². The Morgan fingerprint density at radius 3 is 2.89 bits per heavy atom. The first-order chi connectivity index (χ1) is 17.0. The molecule has 13 heteroatoms. The van der Waals surface area contributed by atoms with Crippen molar-refractivity contribution in [3.8, 4) is 0 Å². The minimum atomic E-state index is -0.594. The molecule has 6 rings (SSSR count). The van der Waals surface area contributed by atoms with Crippen molar-refractivity contribution in [2.45, 2.75) is 19.0 Å². The topological polar surface area (TPSA) is 104 Å². The number of halogens is 3. The van der Waals surface area contributed by atoms with Crippen LogP contribution in [-0.2, 0) is 17.8 Å². The van der Waals surface area contributed by atoms with E-state index in [4.69, 9.17) is 32.9 Å². The maximum atomic E-state index is 14.4. The van der Waals surface area contributed by atoms with Crippen molar-refractivity contribution in [3.05, 3.63) is 81.8 Å². The van der Waals surface area contributed by atoms with Crippen LogP contribution < -0.4 is 5.32 Å². The van der Waals surface area contributed by atoms with Crippen molar-refractivity contribution in [2.24, 2.45) is 0 Å². The summed E-state index contributed by atoms with van der Waals surface area (Å²) in [6.45, 7) is 1.61. The van der Waals surface area contributed by atoms with Gasteiger partial charge in [0.05, 0.1) is 60.3 Å². The summed E-state index contributed by atoms with van der Waals surface area (Å²) in [4.78, 5) is 21.5. The van der Waals surface area contributed by atoms with Gasteiger partial charge in [0.2, 0.25) is 0 Å². The first kappa shape index (κ1) is 22.0. The van der Waals surface area contributed by atoms with Gasteiger partial charge in [0.25, 0.3) is 5.91 Å². The molecule has 35 heavy (non-hydrogen) atoms. The van der Waals surface area contributed by atoms with Crippen LogP contribution in [0.15, 0.2) is 43.2 Å². The van der Waals surface area contributed by atoms with E-state index in [2.05, 4.69) is 20.6 Å². The Balaban J connectivity index is 1.17. The lowest BCUT2D eigenvalue weighted by Gasteiger charge is -2.26. The van der Waals surface area contributed by atoms with Crippen molar-refractivity contribution in [3.63, 3.8) is 0 Å². The third kappa shape index (κ3) is 4.01. The van der Waals surface area contributed by atoms with E-state index in [0.29, 0.717) is 30.5 Å². The normalized spacial score (nSPS) is 14.0. The van der Waals surface area contributed by atoms with Crippen LogP contribution in [0.25, 0.3) is 11.2 Å². The molecule has 10 nitrogen and oxygen atoms in total. The predicted octanol–water partition coefficient (Wildman–Crippen LogP) is 3.11. The molecule has 0 aliphatic carbocycles. The van der Waals surface area contributed by atoms with E-state index in [9.17, 15) is 9.18 Å². The molecule has 5 aromatic rings. The Bertz CT molecular complexity index is 1590. The molecule has 0 bridgehead atoms. The van der Waals surface area contributed by atoms with Crippen LogP contribution in [0.5, 0.6) is 0 Å². The molecule has 1 amide bonds. The number of hydrogen-bond acceptors (Lipinski definition) is 6. The molecule has 5 aromatic heterocycles. The summed E-state index contributed by atoms with van der Waals surface area (Å²) in [7, 11) is 0. The molecule has 6 heterocycles. The summed E-state index contributed by atoms with van der Waals surface area (Å²) in [5, 5.41) is 11.3. The van der Waals surface area contributed by atoms with E-state index < -0.39 is 11.7 Å². The van der Waals surface area contributed by atoms with Gasteiger partial charge in [-0.1, -0.05) is 28.4 Å². The SMILES string of the molecule is O=C(NCc1ncn2ccc(Cl)c(F)c12)c1cn(Cc2cn3cc(Cl)cc(C4COC4)c3n2)nn1. The van der Waals surface area contributed by atoms with Crippen LogP contribution >= 0.6 is 23.2 Å². The monoisotopic (exact) mass is 514 g/mol. The molecule has 1 fully saturated rings. The summed E-state index contributed by atoms with van der Waals surface area (Å²) < 4.78 is 24.6. The van der Waals surface area contributed by atoms with Gasteiger partial charge in [-0.15, -0.1) is 5.10 Å². The zero-order valence-corrected chi connectivity index (χ0v) is 19.5. The molecule has 0 radical (unpaired) electrons. The average molecular weight is 515 g/mol. The molecule has 1 aliphatic heterocycles. The quantitative estimate of drug-likeness (QED) is 0.373. The number of carbonyl (C=O) groups is 1. The molecule has 1 saturated heterocycles. The molecular weight excluding hydrogens is 498 g/mol. The van der Waals surface area contributed by atoms with Crippen LogP contribution in [-0.4, -0.2) is 52.9 Å². The number of amides is 1. The van der Waals surface area contributed by atoms with E-state index in [1.165, 1.54) is 27.7 Å². The molecule has 0 unspecified atom stereocenters. The van der Waals surface area contributed by atoms with Gasteiger partial charge in [-0.05, 0) is 12.1 Å². The van der Waals surface area contributed by atoms with Crippen LogP contribution in [0.3, 0.4) is 0 Å². The number of nitrogens with one attached hydrogen (secondary N) is 1. The molecule has 1 aliphatic rings. The van der Waals surface area contributed by atoms with Gasteiger partial charge in [0.1, 0.15) is 11.2 Å². The fourth-order valence-electron chi connectivity index (χ4n) is 4.05. The largest absolute Gasteiger partial charge is 0.380 e. The Labute approximate surface area is 207 Å². The third-order valence-corrected chi connectivity index (χ3v) is 6.35. The highest BCUT2D eigenvalue weighted by Gasteiger charge is 2.25. The van der Waals surface area contributed by atoms with Gasteiger partial charge in [-0.3, -0.25) is 4.79 Å². The van der Waals surface area contributed by atoms with Gasteiger partial charge in [-0.2, -0.15) is 0 Å². The first-order valence-corrected chi connectivity index (χ1v) is 11.4. The number of hydrogen-bond donors (Lipinski definition) is 1. The molecule has 0 saturated carbocycles. The molecule has 1 N–H and O–H groups in total. The summed E-state index contributed by atoms with van der Waals surface area (Å²) >= 11 is 12.1. The summed E-state index contributed by atoms with van der Waals surface area (Å²) in [6.07, 6.45) is 8.25. The van der Waals surface area contributed by atoms with Gasteiger partial charge in [-0.25, -0.2) is 19.0 Å². The summed E-state index contributed by atoms with van der Waals surface area (Å²) in [5.41, 5.74) is 3.27. The Hall–Kier alpha value is -3.54. The number of aromatic nitrogens is 7. The van der Waals surface area contributed by atoms with E-state index in [1.807, 2.05) is 16.7 Å². The lowest BCUT2D eigenvalue weighted by Crippen LogP contribution is -2.25. The van der Waals surface area contributed by atoms with Gasteiger partial charge in [0, 0.05) is 30.1 Å². The van der Waals surface area contributed by atoms with Crippen LogP contribution in [0, 0.1) is 5.82 Å². The van der Waals surface area contributed by atoms with E-state index in [-0.39, 0.29) is 28.7 Å². The van der Waals surface area contributed by atoms with Crippen LogP contribution in [0.2, 0.25) is 10.0 Å². The van der Waals surface area contributed by atoms with Gasteiger partial charge < -0.3 is 18.9 Å². The number of imidazole rings is 2. The average Bonchev–Trinajstić information content (AvgIpc) is 3.52. The van der Waals surface area contributed by atoms with Crippen molar-refractivity contribution in [1.82, 2.24) is 39.1 Å². The van der Waals surface area contributed by atoms with E-state index >= 15 is 0 Å². The van der Waals surface area contributed by atoms with E-state index in [1.54, 1.807) is 12.4 Å². The maximum Gasteiger partial charge on any atom is 0.273 e. The Morgan fingerprint density at radius 1 is 1.23 bits per heavy atom. The first-order valence-electron chi connectivity index (χ1n) is 10.7. The number of pyridine rings is 2. The fourth-order valence-corrected chi connectivity index (χ4v) is 4.41. The van der Waals surface area contributed by atoms with Crippen molar-refractivity contribution < 1.29 is 13.9 Å². The number of carbonyl (C=O) groups excluding carboxylic acids is 1. The molecule has 178 valence electrons. The number of nitrogens with zero attached hydrogens (tertiary/aromatic N) is 7. The van der Waals surface area contributed by atoms with Crippen molar-refractivity contribution >= 4 is 40.3 Å². The Morgan fingerprint density at radius 2 is 2.09 bits per heavy atom. The predicted molar refractivity (Wildman–Crippen MR) is 124 cm³/mol. The molecule has 0 atom stereocenters. The van der Waals surface area contributed by atoms with E-state index in [0.717, 1.165) is 16.9 Å². The third-order valence-electron chi connectivity index (χ3n) is 5.85. The standard InChI is InChI=1S/C22H17Cl2FN8O2/c23-13-3-15(12-9-35-10-12)21-28-14(6-32(21)5-13)7-33-8-18(29-30-33)22(34)26-4-17-20-19(25)16(24)1-2-31(20)11-27-17/h1-3,5-6,8,11-12H,4,7,9-10H2,(H,26,34). The second-order valence-electron chi connectivity index (χ2n) is 8.22. The lowest BCUT2D eigenvalue weighted by molar-refractivity contribution is 0.00880. The highest BCUT2D eigenvalue weighted by Crippen LogP contribution is 2.30.